The molecule has 2 fully saturated rings. The highest BCUT2D eigenvalue weighted by atomic mass is 32.1. The first kappa shape index (κ1) is 18.6. The molecule has 1 unspecified atom stereocenters. The van der Waals surface area contributed by atoms with Crippen LogP contribution < -0.4 is 15.1 Å². The average Bonchev–Trinajstić information content (AvgIpc) is 3.15. The Hall–Kier alpha value is -2.20. The van der Waals surface area contributed by atoms with Crippen LogP contribution in [0.3, 0.4) is 0 Å². The lowest BCUT2D eigenvalue weighted by Crippen LogP contribution is -2.34. The fraction of sp³-hybridized carbons (Fsp3) is 0.438. The lowest BCUT2D eigenvalue weighted by atomic mass is 10.2. The molecular weight excluding hydrogens is 379 g/mol. The van der Waals surface area contributed by atoms with E-state index in [2.05, 4.69) is 5.32 Å². The maximum Gasteiger partial charge on any atom is 0.414 e. The van der Waals surface area contributed by atoms with Crippen LogP contribution >= 0.6 is 24.4 Å². The quantitative estimate of drug-likeness (QED) is 0.770. The van der Waals surface area contributed by atoms with Gasteiger partial charge < -0.3 is 24.6 Å². The Labute approximate surface area is 161 Å². The van der Waals surface area contributed by atoms with Gasteiger partial charge in [0, 0.05) is 7.05 Å². The van der Waals surface area contributed by atoms with E-state index in [9.17, 15) is 9.18 Å². The number of methoxy groups -OCH3 is 1. The third-order valence-electron chi connectivity index (χ3n) is 4.25. The average molecular weight is 398 g/mol. The number of halogens is 1. The van der Waals surface area contributed by atoms with E-state index in [0.717, 1.165) is 4.99 Å². The van der Waals surface area contributed by atoms with Crippen LogP contribution in [0.2, 0.25) is 0 Å². The van der Waals surface area contributed by atoms with Crippen molar-refractivity contribution in [3.05, 3.63) is 24.0 Å². The van der Waals surface area contributed by atoms with Gasteiger partial charge in [-0.05, 0) is 30.4 Å². The second kappa shape index (κ2) is 7.58. The molecule has 1 atom stereocenters. The zero-order chi connectivity index (χ0) is 18.8. The molecule has 2 aliphatic rings. The molecule has 1 N–H and O–H groups in total. The summed E-state index contributed by atoms with van der Waals surface area (Å²) in [6.07, 6.45) is -0.919. The predicted octanol–water partition coefficient (Wildman–Crippen LogP) is 1.71. The minimum absolute atomic E-state index is 0.225. The third-order valence-corrected chi connectivity index (χ3v) is 5.00. The summed E-state index contributed by atoms with van der Waals surface area (Å²) in [5.41, 5.74) is 0.903. The largest absolute Gasteiger partial charge is 0.474 e. The first-order valence-corrected chi connectivity index (χ1v) is 8.79. The maximum atomic E-state index is 14.6. The first-order valence-electron chi connectivity index (χ1n) is 7.97. The molecule has 26 heavy (non-hydrogen) atoms. The third kappa shape index (κ3) is 3.80. The van der Waals surface area contributed by atoms with Crippen molar-refractivity contribution in [2.45, 2.75) is 6.10 Å². The minimum Gasteiger partial charge on any atom is -0.474 e. The van der Waals surface area contributed by atoms with Crippen LogP contribution in [0.5, 0.6) is 0 Å². The molecule has 2 heterocycles. The van der Waals surface area contributed by atoms with Gasteiger partial charge in [0.1, 0.15) is 11.9 Å². The van der Waals surface area contributed by atoms with Gasteiger partial charge in [0.25, 0.3) is 5.17 Å². The van der Waals surface area contributed by atoms with E-state index in [-0.39, 0.29) is 5.17 Å². The predicted molar refractivity (Wildman–Crippen MR) is 104 cm³/mol. The summed E-state index contributed by atoms with van der Waals surface area (Å²) in [7, 11) is 3.33. The summed E-state index contributed by atoms with van der Waals surface area (Å²) in [5, 5.41) is 3.07. The van der Waals surface area contributed by atoms with E-state index in [4.69, 9.17) is 33.9 Å². The van der Waals surface area contributed by atoms with Gasteiger partial charge >= 0.3 is 6.09 Å². The molecule has 1 amide bonds. The highest BCUT2D eigenvalue weighted by Gasteiger charge is 2.33. The van der Waals surface area contributed by atoms with Crippen molar-refractivity contribution in [2.75, 3.05) is 50.3 Å². The molecule has 0 saturated carbocycles. The minimum atomic E-state index is -0.519. The Morgan fingerprint density at radius 2 is 2.27 bits per heavy atom. The monoisotopic (exact) mass is 398 g/mol. The van der Waals surface area contributed by atoms with Crippen LogP contribution in [0.15, 0.2) is 18.2 Å². The van der Waals surface area contributed by atoms with E-state index in [0.29, 0.717) is 37.7 Å². The molecule has 140 valence electrons. The normalized spacial score (nSPS) is 19.8. The van der Waals surface area contributed by atoms with Crippen LogP contribution in [0.25, 0.3) is 0 Å². The highest BCUT2D eigenvalue weighted by molar-refractivity contribution is 7.80. The number of nitrogens with zero attached hydrogens (tertiary/aromatic N) is 3. The SMILES string of the molecule is COC(=S)NCC1CN(c2ccc(N3CC(=S)N(C)C3)c(F)c2)C(=O)O1. The van der Waals surface area contributed by atoms with Crippen molar-refractivity contribution in [3.63, 3.8) is 0 Å². The Morgan fingerprint density at radius 1 is 1.50 bits per heavy atom. The topological polar surface area (TPSA) is 57.3 Å². The molecule has 0 aromatic heterocycles. The summed E-state index contributed by atoms with van der Waals surface area (Å²) < 4.78 is 24.7. The molecule has 0 radical (unpaired) electrons. The zero-order valence-corrected chi connectivity index (χ0v) is 16.0. The Bertz CT molecular complexity index is 748. The van der Waals surface area contributed by atoms with E-state index in [1.165, 1.54) is 18.1 Å². The van der Waals surface area contributed by atoms with Gasteiger partial charge in [-0.2, -0.15) is 0 Å². The van der Waals surface area contributed by atoms with Gasteiger partial charge in [0.15, 0.2) is 0 Å². The molecule has 10 heteroatoms. The molecule has 2 saturated heterocycles. The number of ether oxygens (including phenoxy) is 2. The fourth-order valence-electron chi connectivity index (χ4n) is 2.86. The van der Waals surface area contributed by atoms with Crippen molar-refractivity contribution in [3.8, 4) is 0 Å². The molecule has 3 rings (SSSR count). The van der Waals surface area contributed by atoms with Crippen LogP contribution in [0, 0.1) is 5.82 Å². The van der Waals surface area contributed by atoms with Crippen molar-refractivity contribution in [1.82, 2.24) is 10.2 Å². The molecule has 1 aromatic carbocycles. The standard InChI is InChI=1S/C16H19FN4O3S2/c1-19-9-20(8-14(19)25)13-4-3-10(5-12(13)17)21-7-11(24-16(21)22)6-18-15(26)23-2/h3-5,11H,6-9H2,1-2H3,(H,18,26). The molecule has 1 aromatic rings. The van der Waals surface area contributed by atoms with Crippen molar-refractivity contribution < 1.29 is 18.7 Å². The Kier molecular flexibility index (Phi) is 5.42. The van der Waals surface area contributed by atoms with E-state index in [1.54, 1.807) is 12.1 Å². The highest BCUT2D eigenvalue weighted by Crippen LogP contribution is 2.29. The number of hydrogen-bond donors (Lipinski definition) is 1. The van der Waals surface area contributed by atoms with Crippen molar-refractivity contribution in [1.29, 1.82) is 0 Å². The molecule has 7 nitrogen and oxygen atoms in total. The summed E-state index contributed by atoms with van der Waals surface area (Å²) in [6.45, 7) is 1.66. The summed E-state index contributed by atoms with van der Waals surface area (Å²) in [4.78, 5) is 18.0. The number of amides is 1. The lowest BCUT2D eigenvalue weighted by molar-refractivity contribution is 0.142. The van der Waals surface area contributed by atoms with Gasteiger partial charge in [-0.3, -0.25) is 4.90 Å². The number of benzene rings is 1. The van der Waals surface area contributed by atoms with Gasteiger partial charge in [-0.15, -0.1) is 0 Å². The van der Waals surface area contributed by atoms with Crippen LogP contribution in [-0.4, -0.2) is 67.7 Å². The zero-order valence-electron chi connectivity index (χ0n) is 14.4. The van der Waals surface area contributed by atoms with Crippen molar-refractivity contribution >= 4 is 52.1 Å². The smallest absolute Gasteiger partial charge is 0.414 e. The van der Waals surface area contributed by atoms with E-state index < -0.39 is 18.0 Å². The van der Waals surface area contributed by atoms with Crippen LogP contribution in [-0.2, 0) is 9.47 Å². The number of carbonyl (C=O) groups excluding carboxylic acids is 1. The molecule has 2 aliphatic heterocycles. The van der Waals surface area contributed by atoms with E-state index in [1.807, 2.05) is 16.8 Å². The molecule has 0 aliphatic carbocycles. The van der Waals surface area contributed by atoms with Gasteiger partial charge in [-0.25, -0.2) is 9.18 Å². The van der Waals surface area contributed by atoms with Crippen molar-refractivity contribution in [2.24, 2.45) is 0 Å². The number of thiocarbonyl (C=S) groups is 2. The van der Waals surface area contributed by atoms with Crippen LogP contribution in [0.1, 0.15) is 0 Å². The summed E-state index contributed by atoms with van der Waals surface area (Å²) in [6, 6.07) is 4.70. The first-order chi connectivity index (χ1) is 12.4. The number of cyclic esters (lactones) is 1. The van der Waals surface area contributed by atoms with Crippen LogP contribution in [0.4, 0.5) is 20.6 Å². The second-order valence-corrected chi connectivity index (χ2v) is 6.90. The second-order valence-electron chi connectivity index (χ2n) is 6.06. The fourth-order valence-corrected chi connectivity index (χ4v) is 3.16. The Balaban J connectivity index is 1.68. The number of hydrogen-bond acceptors (Lipinski definition) is 6. The summed E-state index contributed by atoms with van der Waals surface area (Å²) >= 11 is 10.1. The molecule has 0 spiro atoms. The number of rotatable bonds is 4. The van der Waals surface area contributed by atoms with Gasteiger partial charge in [0.2, 0.25) is 0 Å². The maximum absolute atomic E-state index is 14.6. The number of nitrogens with one attached hydrogen (secondary N) is 1. The number of carbonyl (C=O) groups is 1. The molecule has 0 bridgehead atoms. The number of likely N-dealkylation sites (N-methyl/N-ethyl adjacent to an activating group) is 1. The Morgan fingerprint density at radius 3 is 2.88 bits per heavy atom. The molecular formula is C16H19FN4O3S2. The van der Waals surface area contributed by atoms with Gasteiger partial charge in [-0.1, -0.05) is 12.2 Å². The number of anilines is 2. The lowest BCUT2D eigenvalue weighted by Gasteiger charge is -2.20. The van der Waals surface area contributed by atoms with E-state index >= 15 is 0 Å². The van der Waals surface area contributed by atoms with Gasteiger partial charge in [0.05, 0.1) is 49.8 Å². The summed E-state index contributed by atoms with van der Waals surface area (Å²) in [5.74, 6) is -0.407.